The van der Waals surface area contributed by atoms with Gasteiger partial charge in [-0.15, -0.1) is 0 Å². The number of hydrogen-bond acceptors (Lipinski definition) is 4. The molecule has 2 aromatic carbocycles. The predicted molar refractivity (Wildman–Crippen MR) is 113 cm³/mol. The molecule has 3 aromatic rings. The lowest BCUT2D eigenvalue weighted by Gasteiger charge is -2.26. The van der Waals surface area contributed by atoms with Crippen molar-refractivity contribution in [3.8, 4) is 0 Å². The molecule has 0 bridgehead atoms. The second kappa shape index (κ2) is 9.20. The molecule has 1 aliphatic rings. The maximum atomic E-state index is 12.5. The van der Waals surface area contributed by atoms with Crippen molar-refractivity contribution < 1.29 is 9.53 Å². The first-order valence-electron chi connectivity index (χ1n) is 10.3. The quantitative estimate of drug-likeness (QED) is 0.672. The number of benzene rings is 2. The fraction of sp³-hybridized carbons (Fsp3) is 0.391. The molecule has 1 saturated heterocycles. The van der Waals surface area contributed by atoms with Gasteiger partial charge in [0.1, 0.15) is 12.4 Å². The second-order valence-electron chi connectivity index (χ2n) is 7.44. The van der Waals surface area contributed by atoms with Crippen LogP contribution in [0.3, 0.4) is 0 Å². The number of nitrogens with one attached hydrogen (secondary N) is 1. The summed E-state index contributed by atoms with van der Waals surface area (Å²) in [4.78, 5) is 19.6. The topological polar surface area (TPSA) is 59.4 Å². The SMILES string of the molecule is CCc1nc2ccccc2n1CC(=O)NCc1ccc(CN2CCOCC2)cc1. The molecule has 1 N–H and O–H groups in total. The smallest absolute Gasteiger partial charge is 0.240 e. The molecule has 4 rings (SSSR count). The van der Waals surface area contributed by atoms with E-state index in [9.17, 15) is 4.79 Å². The van der Waals surface area contributed by atoms with Crippen LogP contribution in [0.5, 0.6) is 0 Å². The lowest BCUT2D eigenvalue weighted by atomic mass is 10.1. The number of carbonyl (C=O) groups excluding carboxylic acids is 1. The number of para-hydroxylation sites is 2. The first-order valence-corrected chi connectivity index (χ1v) is 10.3. The van der Waals surface area contributed by atoms with Gasteiger partial charge in [-0.2, -0.15) is 0 Å². The van der Waals surface area contributed by atoms with Gasteiger partial charge in [0.05, 0.1) is 24.2 Å². The molecule has 1 aromatic heterocycles. The van der Waals surface area contributed by atoms with E-state index in [1.54, 1.807) is 0 Å². The first-order chi connectivity index (χ1) is 14.2. The van der Waals surface area contributed by atoms with Gasteiger partial charge in [0, 0.05) is 32.6 Å². The Morgan fingerprint density at radius 2 is 1.79 bits per heavy atom. The highest BCUT2D eigenvalue weighted by atomic mass is 16.5. The summed E-state index contributed by atoms with van der Waals surface area (Å²) >= 11 is 0. The van der Waals surface area contributed by atoms with Crippen molar-refractivity contribution >= 4 is 16.9 Å². The van der Waals surface area contributed by atoms with Crippen LogP contribution in [-0.4, -0.2) is 46.7 Å². The summed E-state index contributed by atoms with van der Waals surface area (Å²) < 4.78 is 7.41. The Labute approximate surface area is 171 Å². The Bertz CT molecular complexity index is 959. The Kier molecular flexibility index (Phi) is 6.22. The third kappa shape index (κ3) is 4.83. The zero-order valence-corrected chi connectivity index (χ0v) is 16.9. The van der Waals surface area contributed by atoms with Gasteiger partial charge in [0.25, 0.3) is 0 Å². The summed E-state index contributed by atoms with van der Waals surface area (Å²) in [6.45, 7) is 7.44. The van der Waals surface area contributed by atoms with Crippen molar-refractivity contribution in [2.75, 3.05) is 26.3 Å². The molecule has 6 heteroatoms. The number of ether oxygens (including phenoxy) is 1. The predicted octanol–water partition coefficient (Wildman–Crippen LogP) is 2.75. The van der Waals surface area contributed by atoms with Gasteiger partial charge >= 0.3 is 0 Å². The highest BCUT2D eigenvalue weighted by Crippen LogP contribution is 2.16. The minimum absolute atomic E-state index is 0.000228. The fourth-order valence-corrected chi connectivity index (χ4v) is 3.75. The summed E-state index contributed by atoms with van der Waals surface area (Å²) in [7, 11) is 0. The minimum Gasteiger partial charge on any atom is -0.379 e. The molecule has 0 unspecified atom stereocenters. The molecule has 6 nitrogen and oxygen atoms in total. The molecule has 1 aliphatic heterocycles. The van der Waals surface area contributed by atoms with E-state index in [2.05, 4.69) is 46.4 Å². The Morgan fingerprint density at radius 3 is 2.55 bits per heavy atom. The summed E-state index contributed by atoms with van der Waals surface area (Å²) in [6, 6.07) is 16.5. The molecule has 29 heavy (non-hydrogen) atoms. The van der Waals surface area contributed by atoms with Crippen LogP contribution in [0.25, 0.3) is 11.0 Å². The number of carbonyl (C=O) groups is 1. The number of morpholine rings is 1. The molecular weight excluding hydrogens is 364 g/mol. The highest BCUT2D eigenvalue weighted by Gasteiger charge is 2.13. The van der Waals surface area contributed by atoms with Crippen LogP contribution >= 0.6 is 0 Å². The van der Waals surface area contributed by atoms with Gasteiger partial charge in [0.2, 0.25) is 5.91 Å². The summed E-state index contributed by atoms with van der Waals surface area (Å²) in [5, 5.41) is 3.04. The van der Waals surface area contributed by atoms with Gasteiger partial charge in [-0.1, -0.05) is 43.3 Å². The van der Waals surface area contributed by atoms with Crippen molar-refractivity contribution in [3.63, 3.8) is 0 Å². The van der Waals surface area contributed by atoms with Crippen LogP contribution in [0.1, 0.15) is 23.9 Å². The van der Waals surface area contributed by atoms with E-state index < -0.39 is 0 Å². The number of aromatic nitrogens is 2. The number of nitrogens with zero attached hydrogens (tertiary/aromatic N) is 3. The van der Waals surface area contributed by atoms with E-state index in [-0.39, 0.29) is 5.91 Å². The van der Waals surface area contributed by atoms with E-state index >= 15 is 0 Å². The number of fused-ring (bicyclic) bond motifs is 1. The van der Waals surface area contributed by atoms with E-state index in [1.807, 2.05) is 28.8 Å². The molecule has 1 amide bonds. The molecule has 1 fully saturated rings. The Hall–Kier alpha value is -2.70. The van der Waals surface area contributed by atoms with Crippen molar-refractivity contribution in [2.24, 2.45) is 0 Å². The molecule has 0 saturated carbocycles. The third-order valence-electron chi connectivity index (χ3n) is 5.37. The van der Waals surface area contributed by atoms with Crippen LogP contribution in [0.15, 0.2) is 48.5 Å². The number of hydrogen-bond donors (Lipinski definition) is 1. The number of aryl methyl sites for hydroxylation is 1. The molecule has 152 valence electrons. The maximum absolute atomic E-state index is 12.5. The van der Waals surface area contributed by atoms with Gasteiger partial charge < -0.3 is 14.6 Å². The van der Waals surface area contributed by atoms with Crippen LogP contribution < -0.4 is 5.32 Å². The average molecular weight is 393 g/mol. The van der Waals surface area contributed by atoms with Crippen LogP contribution in [0.2, 0.25) is 0 Å². The maximum Gasteiger partial charge on any atom is 0.240 e. The second-order valence-corrected chi connectivity index (χ2v) is 7.44. The third-order valence-corrected chi connectivity index (χ3v) is 5.37. The molecular formula is C23H28N4O2. The number of amides is 1. The van der Waals surface area contributed by atoms with Gasteiger partial charge in [0.15, 0.2) is 0 Å². The number of rotatable bonds is 7. The van der Waals surface area contributed by atoms with Crippen molar-refractivity contribution in [1.82, 2.24) is 19.8 Å². The molecule has 0 spiro atoms. The number of imidazole rings is 1. The zero-order valence-electron chi connectivity index (χ0n) is 16.9. The van der Waals surface area contributed by atoms with Crippen molar-refractivity contribution in [2.45, 2.75) is 33.0 Å². The normalized spacial score (nSPS) is 14.9. The van der Waals surface area contributed by atoms with Crippen molar-refractivity contribution in [1.29, 1.82) is 0 Å². The van der Waals surface area contributed by atoms with Crippen LogP contribution in [0.4, 0.5) is 0 Å². The molecule has 0 radical (unpaired) electrons. The summed E-state index contributed by atoms with van der Waals surface area (Å²) in [6.07, 6.45) is 0.798. The first kappa shape index (κ1) is 19.6. The summed E-state index contributed by atoms with van der Waals surface area (Å²) in [5.41, 5.74) is 4.34. The van der Waals surface area contributed by atoms with E-state index in [4.69, 9.17) is 4.74 Å². The highest BCUT2D eigenvalue weighted by molar-refractivity contribution is 5.81. The Morgan fingerprint density at radius 1 is 1.07 bits per heavy atom. The lowest BCUT2D eigenvalue weighted by Crippen LogP contribution is -2.35. The zero-order chi connectivity index (χ0) is 20.1. The molecule has 0 aliphatic carbocycles. The van der Waals surface area contributed by atoms with Crippen LogP contribution in [-0.2, 0) is 35.6 Å². The lowest BCUT2D eigenvalue weighted by molar-refractivity contribution is -0.121. The Balaban J connectivity index is 1.33. The summed E-state index contributed by atoms with van der Waals surface area (Å²) in [5.74, 6) is 0.939. The molecule has 0 atom stereocenters. The monoisotopic (exact) mass is 392 g/mol. The van der Waals surface area contributed by atoms with Gasteiger partial charge in [-0.25, -0.2) is 4.98 Å². The van der Waals surface area contributed by atoms with Gasteiger partial charge in [-0.05, 0) is 23.3 Å². The van der Waals surface area contributed by atoms with Crippen LogP contribution in [0, 0.1) is 0 Å². The van der Waals surface area contributed by atoms with Crippen molar-refractivity contribution in [3.05, 3.63) is 65.5 Å². The van der Waals surface area contributed by atoms with E-state index in [0.29, 0.717) is 13.1 Å². The average Bonchev–Trinajstić information content (AvgIpc) is 3.11. The minimum atomic E-state index is 0.000228. The molecule has 2 heterocycles. The van der Waals surface area contributed by atoms with Gasteiger partial charge in [-0.3, -0.25) is 9.69 Å². The largest absolute Gasteiger partial charge is 0.379 e. The van der Waals surface area contributed by atoms with E-state index in [1.165, 1.54) is 5.56 Å². The standard InChI is InChI=1S/C23H28N4O2/c1-2-22-25-20-5-3-4-6-21(20)27(22)17-23(28)24-15-18-7-9-19(10-8-18)16-26-11-13-29-14-12-26/h3-10H,2,11-17H2,1H3,(H,24,28). The van der Waals surface area contributed by atoms with E-state index in [0.717, 1.165) is 61.7 Å². The fourth-order valence-electron chi connectivity index (χ4n) is 3.75.